The van der Waals surface area contributed by atoms with Crippen molar-refractivity contribution in [2.75, 3.05) is 0 Å². The van der Waals surface area contributed by atoms with Gasteiger partial charge in [-0.3, -0.25) is 0 Å². The Morgan fingerprint density at radius 1 is 0.630 bits per heavy atom. The molecule has 2 bridgehead atoms. The van der Waals surface area contributed by atoms with Crippen LogP contribution in [0.2, 0.25) is 0 Å². The van der Waals surface area contributed by atoms with E-state index in [0.29, 0.717) is 0 Å². The fraction of sp³-hybridized carbons (Fsp3) is 0.442. The van der Waals surface area contributed by atoms with Crippen LogP contribution in [0.5, 0.6) is 0 Å². The molecule has 1 heterocycles. The molecule has 4 unspecified atom stereocenters. The topological polar surface area (TPSA) is 18.5 Å². The van der Waals surface area contributed by atoms with Gasteiger partial charge in [-0.15, -0.1) is 0 Å². The van der Waals surface area contributed by atoms with Crippen LogP contribution in [0.25, 0.3) is 33.4 Å². The third-order valence-electron chi connectivity index (χ3n) is 13.4. The molecular weight excluding hydrogens is 559 g/mol. The van der Waals surface area contributed by atoms with Crippen LogP contribution in [-0.2, 0) is 20.1 Å². The third-order valence-corrected chi connectivity index (χ3v) is 13.4. The largest absolute Gasteiger partial charge is 0.494 e. The number of hydrogen-bond acceptors (Lipinski definition) is 2. The third kappa shape index (κ3) is 3.79. The van der Waals surface area contributed by atoms with Crippen molar-refractivity contribution >= 4 is 12.6 Å². The molecule has 1 spiro atoms. The summed E-state index contributed by atoms with van der Waals surface area (Å²) in [6.45, 7) is 15.8. The molecule has 0 aromatic heterocycles. The Kier molecular flexibility index (Phi) is 5.99. The molecule has 4 aliphatic carbocycles. The van der Waals surface area contributed by atoms with E-state index in [9.17, 15) is 0 Å². The minimum atomic E-state index is -0.367. The van der Waals surface area contributed by atoms with Crippen molar-refractivity contribution in [1.29, 1.82) is 0 Å². The summed E-state index contributed by atoms with van der Waals surface area (Å²) >= 11 is 0. The van der Waals surface area contributed by atoms with Crippen LogP contribution in [0.3, 0.4) is 0 Å². The Hall–Kier alpha value is -3.14. The van der Waals surface area contributed by atoms with Crippen molar-refractivity contribution in [1.82, 2.24) is 0 Å². The lowest BCUT2D eigenvalue weighted by molar-refractivity contribution is 0.00578. The monoisotopic (exact) mass is 606 g/mol. The molecule has 4 atom stereocenters. The van der Waals surface area contributed by atoms with Gasteiger partial charge in [-0.25, -0.2) is 0 Å². The lowest BCUT2D eigenvalue weighted by atomic mass is 9.53. The quantitative estimate of drug-likeness (QED) is 0.212. The number of benzene rings is 4. The fourth-order valence-electron chi connectivity index (χ4n) is 10.5. The Balaban J connectivity index is 1.19. The van der Waals surface area contributed by atoms with E-state index in [4.69, 9.17) is 9.31 Å². The maximum absolute atomic E-state index is 6.49. The molecule has 2 saturated carbocycles. The van der Waals surface area contributed by atoms with Crippen LogP contribution < -0.4 is 5.46 Å². The zero-order valence-corrected chi connectivity index (χ0v) is 28.7. The van der Waals surface area contributed by atoms with Crippen LogP contribution in [-0.4, -0.2) is 18.3 Å². The maximum atomic E-state index is 6.49. The first-order valence-corrected chi connectivity index (χ1v) is 17.8. The molecule has 3 heteroatoms. The van der Waals surface area contributed by atoms with Crippen LogP contribution in [0, 0.1) is 17.8 Å². The van der Waals surface area contributed by atoms with E-state index in [-0.39, 0.29) is 29.2 Å². The molecular formula is C43H47BO2. The summed E-state index contributed by atoms with van der Waals surface area (Å²) in [5.74, 6) is 2.46. The summed E-state index contributed by atoms with van der Waals surface area (Å²) in [6, 6.07) is 30.8. The highest BCUT2D eigenvalue weighted by Crippen LogP contribution is 2.63. The molecule has 1 saturated heterocycles. The Bertz CT molecular complexity index is 1900. The van der Waals surface area contributed by atoms with Crippen molar-refractivity contribution in [2.45, 2.75) is 103 Å². The number of rotatable bonds is 2. The van der Waals surface area contributed by atoms with Crippen LogP contribution in [0.15, 0.2) is 78.9 Å². The predicted octanol–water partition coefficient (Wildman–Crippen LogP) is 10.1. The molecule has 4 aromatic rings. The lowest BCUT2D eigenvalue weighted by Crippen LogP contribution is -2.44. The van der Waals surface area contributed by atoms with E-state index >= 15 is 0 Å². The van der Waals surface area contributed by atoms with Gasteiger partial charge in [0.1, 0.15) is 0 Å². The second kappa shape index (κ2) is 9.48. The molecule has 4 aromatic carbocycles. The van der Waals surface area contributed by atoms with Gasteiger partial charge in [0, 0.05) is 10.8 Å². The van der Waals surface area contributed by atoms with Crippen molar-refractivity contribution < 1.29 is 9.31 Å². The van der Waals surface area contributed by atoms with Gasteiger partial charge in [-0.1, -0.05) is 93.6 Å². The zero-order chi connectivity index (χ0) is 31.8. The highest BCUT2D eigenvalue weighted by atomic mass is 16.7. The molecule has 5 aliphatic rings. The first kappa shape index (κ1) is 29.0. The van der Waals surface area contributed by atoms with Gasteiger partial charge in [0.25, 0.3) is 0 Å². The van der Waals surface area contributed by atoms with Crippen LogP contribution in [0.1, 0.15) is 103 Å². The Morgan fingerprint density at radius 3 is 2.09 bits per heavy atom. The van der Waals surface area contributed by atoms with E-state index in [1.165, 1.54) is 76.6 Å². The minimum Gasteiger partial charge on any atom is -0.399 e. The van der Waals surface area contributed by atoms with E-state index < -0.39 is 0 Å². The molecule has 0 amide bonds. The van der Waals surface area contributed by atoms with Crippen molar-refractivity contribution in [2.24, 2.45) is 17.8 Å². The average Bonchev–Trinajstić information content (AvgIpc) is 3.54. The summed E-state index contributed by atoms with van der Waals surface area (Å²) in [5, 5.41) is 0. The highest BCUT2D eigenvalue weighted by molar-refractivity contribution is 6.62. The van der Waals surface area contributed by atoms with Crippen molar-refractivity contribution in [3.05, 3.63) is 101 Å². The molecule has 9 rings (SSSR count). The number of fused-ring (bicyclic) bond motifs is 11. The second-order valence-corrected chi connectivity index (χ2v) is 16.9. The summed E-state index contributed by atoms with van der Waals surface area (Å²) in [6.07, 6.45) is 6.80. The van der Waals surface area contributed by atoms with Crippen molar-refractivity contribution in [3.8, 4) is 33.4 Å². The van der Waals surface area contributed by atoms with Crippen LogP contribution >= 0.6 is 0 Å². The normalized spacial score (nSPS) is 28.9. The first-order valence-electron chi connectivity index (χ1n) is 17.8. The first-order chi connectivity index (χ1) is 21.9. The zero-order valence-electron chi connectivity index (χ0n) is 28.7. The van der Waals surface area contributed by atoms with E-state index in [1.807, 2.05) is 0 Å². The lowest BCUT2D eigenvalue weighted by Gasteiger charge is -2.50. The standard InChI is InChI=1S/C43H47BO2/c1-26-21-27-19-20-43(29(22-26)23-27)37-13-9-8-11-32(37)39-31(12-10-14-38(39)43)28-15-17-35-33(24-28)34-25-30(16-18-36(34)40(35,2)3)44-45-41(4,5)42(6,7)46-44/h8-18,24-27,29H,19-23H2,1-7H3. The molecule has 3 fully saturated rings. The molecule has 0 radical (unpaired) electrons. The Labute approximate surface area is 276 Å². The summed E-state index contributed by atoms with van der Waals surface area (Å²) in [4.78, 5) is 0. The van der Waals surface area contributed by atoms with Gasteiger partial charge in [-0.2, -0.15) is 0 Å². The van der Waals surface area contributed by atoms with Crippen molar-refractivity contribution in [3.63, 3.8) is 0 Å². The van der Waals surface area contributed by atoms with E-state index in [0.717, 1.165) is 23.2 Å². The Morgan fingerprint density at radius 2 is 1.30 bits per heavy atom. The molecule has 2 nitrogen and oxygen atoms in total. The van der Waals surface area contributed by atoms with Gasteiger partial charge < -0.3 is 9.31 Å². The van der Waals surface area contributed by atoms with E-state index in [1.54, 1.807) is 11.1 Å². The smallest absolute Gasteiger partial charge is 0.399 e. The van der Waals surface area contributed by atoms with Gasteiger partial charge in [-0.05, 0) is 145 Å². The minimum absolute atomic E-state index is 0.0662. The number of hydrogen-bond donors (Lipinski definition) is 0. The highest BCUT2D eigenvalue weighted by Gasteiger charge is 2.54. The average molecular weight is 607 g/mol. The van der Waals surface area contributed by atoms with Gasteiger partial charge in [0.05, 0.1) is 11.2 Å². The summed E-state index contributed by atoms with van der Waals surface area (Å²) < 4.78 is 13.0. The molecule has 234 valence electrons. The van der Waals surface area contributed by atoms with Gasteiger partial charge >= 0.3 is 7.12 Å². The summed E-state index contributed by atoms with van der Waals surface area (Å²) in [5.41, 5.74) is 14.7. The molecule has 46 heavy (non-hydrogen) atoms. The van der Waals surface area contributed by atoms with Gasteiger partial charge in [0.15, 0.2) is 0 Å². The fourth-order valence-corrected chi connectivity index (χ4v) is 10.5. The van der Waals surface area contributed by atoms with Crippen LogP contribution in [0.4, 0.5) is 0 Å². The summed E-state index contributed by atoms with van der Waals surface area (Å²) in [7, 11) is -0.367. The predicted molar refractivity (Wildman–Crippen MR) is 191 cm³/mol. The maximum Gasteiger partial charge on any atom is 0.494 e. The molecule has 0 N–H and O–H groups in total. The second-order valence-electron chi connectivity index (χ2n) is 16.9. The van der Waals surface area contributed by atoms with E-state index in [2.05, 4.69) is 127 Å². The SMILES string of the molecule is CC1CC2CCC3(c4ccccc4-c4c(-c5ccc6c(c5)-c5cc(B7OC(C)(C)C(C)(C)O7)ccc5C6(C)C)cccc43)C(C1)C2. The molecule has 1 aliphatic heterocycles. The van der Waals surface area contributed by atoms with Gasteiger partial charge in [0.2, 0.25) is 0 Å².